The quantitative estimate of drug-likeness (QED) is 0.167. The molecule has 47 heavy (non-hydrogen) atoms. The van der Waals surface area contributed by atoms with Gasteiger partial charge in [-0.1, -0.05) is 124 Å². The molecule has 0 spiro atoms. The first-order chi connectivity index (χ1) is 21.7. The van der Waals surface area contributed by atoms with Crippen molar-refractivity contribution in [3.05, 3.63) is 186 Å². The van der Waals surface area contributed by atoms with Crippen molar-refractivity contribution in [2.24, 2.45) is 0 Å². The molecule has 0 atom stereocenters. The van der Waals surface area contributed by atoms with Gasteiger partial charge in [0.25, 0.3) is 0 Å². The molecule has 1 aliphatic carbocycles. The van der Waals surface area contributed by atoms with E-state index < -0.39 is 0 Å². The van der Waals surface area contributed by atoms with E-state index in [9.17, 15) is 0 Å². The molecule has 7 rings (SSSR count). The number of hydrogen-bond donors (Lipinski definition) is 0. The van der Waals surface area contributed by atoms with E-state index in [0.29, 0.717) is 0 Å². The van der Waals surface area contributed by atoms with Gasteiger partial charge in [0, 0.05) is 10.8 Å². The van der Waals surface area contributed by atoms with Gasteiger partial charge in [-0.2, -0.15) is 6.08 Å². The molecule has 0 amide bonds. The standard InChI is InChI=1S/C31H29.C8H8.C5H5.2ClH.Ti/c1-30(2,24-11-7-5-8-12-24)26-17-15-22-19-23-16-18-27(21-29(23)28(22)20-26)31(3,4)25-13-9-6-10-14-25;1-2-8-6-4-3-5-7-8;1-2-4-5-3-1;;;/h5-21H,1-4H3;3-7H,1H3;1-3H,4H2;2*1H;/q-1;;-1;;;+2/p-2. The van der Waals surface area contributed by atoms with Gasteiger partial charge in [-0.3, -0.25) is 6.08 Å². The van der Waals surface area contributed by atoms with Gasteiger partial charge in [-0.25, -0.2) is 12.2 Å². The van der Waals surface area contributed by atoms with Crippen LogP contribution in [0.5, 0.6) is 0 Å². The minimum Gasteiger partial charge on any atom is -1.00 e. The average molecular weight is 690 g/mol. The van der Waals surface area contributed by atoms with Gasteiger partial charge in [0.05, 0.1) is 0 Å². The maximum absolute atomic E-state index is 2.99. The summed E-state index contributed by atoms with van der Waals surface area (Å²) in [5.41, 5.74) is 6.64. The Morgan fingerprint density at radius 3 is 1.34 bits per heavy atom. The van der Waals surface area contributed by atoms with E-state index in [1.807, 2.05) is 18.2 Å². The van der Waals surface area contributed by atoms with Crippen molar-refractivity contribution >= 4 is 25.4 Å². The van der Waals surface area contributed by atoms with Crippen molar-refractivity contribution in [3.63, 3.8) is 0 Å². The molecule has 0 aliphatic heterocycles. The Labute approximate surface area is 305 Å². The summed E-state index contributed by atoms with van der Waals surface area (Å²) in [5.74, 6) is 0. The third-order valence-corrected chi connectivity index (χ3v) is 9.39. The van der Waals surface area contributed by atoms with Crippen LogP contribution in [-0.4, -0.2) is 3.81 Å². The van der Waals surface area contributed by atoms with Crippen LogP contribution >= 0.6 is 0 Å². The number of hydrogen-bond acceptors (Lipinski definition) is 0. The Hall–Kier alpha value is -3.39. The summed E-state index contributed by atoms with van der Waals surface area (Å²) in [6.07, 6.45) is 10.0. The van der Waals surface area contributed by atoms with Gasteiger partial charge >= 0.3 is 66.6 Å². The zero-order valence-corrected chi connectivity index (χ0v) is 31.0. The van der Waals surface area contributed by atoms with E-state index in [0.717, 1.165) is 6.42 Å². The molecule has 0 fully saturated rings. The molecule has 1 aliphatic rings. The molecule has 0 saturated carbocycles. The Morgan fingerprint density at radius 2 is 1.02 bits per heavy atom. The normalized spacial score (nSPS) is 11.9. The van der Waals surface area contributed by atoms with Crippen LogP contribution in [0.2, 0.25) is 0 Å². The Morgan fingerprint density at radius 1 is 0.596 bits per heavy atom. The molecule has 0 bridgehead atoms. The van der Waals surface area contributed by atoms with E-state index >= 15 is 0 Å². The second kappa shape index (κ2) is 17.1. The largest absolute Gasteiger partial charge is 1.00 e. The third-order valence-electron chi connectivity index (χ3n) is 8.93. The average Bonchev–Trinajstić information content (AvgIpc) is 3.78. The van der Waals surface area contributed by atoms with Crippen LogP contribution in [-0.2, 0) is 30.8 Å². The monoisotopic (exact) mass is 688 g/mol. The molecule has 0 heterocycles. The Balaban J connectivity index is 0.000000312. The molecule has 6 aromatic rings. The molecule has 0 unspecified atom stereocenters. The van der Waals surface area contributed by atoms with E-state index in [2.05, 4.69) is 194 Å². The summed E-state index contributed by atoms with van der Waals surface area (Å²) in [4.78, 5) is 0. The van der Waals surface area contributed by atoms with E-state index in [1.54, 1.807) is 0 Å². The predicted molar refractivity (Wildman–Crippen MR) is 192 cm³/mol. The van der Waals surface area contributed by atoms with Crippen molar-refractivity contribution in [1.29, 1.82) is 0 Å². The van der Waals surface area contributed by atoms with Crippen molar-refractivity contribution < 1.29 is 44.8 Å². The first-order valence-electron chi connectivity index (χ1n) is 15.8. The zero-order chi connectivity index (χ0) is 31.9. The molecule has 0 N–H and O–H groups in total. The molecular formula is C44H42Cl2Ti-2. The van der Waals surface area contributed by atoms with E-state index in [-0.39, 0.29) is 35.6 Å². The summed E-state index contributed by atoms with van der Waals surface area (Å²) in [7, 11) is 0. The summed E-state index contributed by atoms with van der Waals surface area (Å²) >= 11 is 2.12. The molecule has 6 aromatic carbocycles. The van der Waals surface area contributed by atoms with Crippen LogP contribution < -0.4 is 24.8 Å². The van der Waals surface area contributed by atoms with E-state index in [4.69, 9.17) is 0 Å². The van der Waals surface area contributed by atoms with Crippen LogP contribution in [0, 0.1) is 6.08 Å². The van der Waals surface area contributed by atoms with Gasteiger partial charge in [0.15, 0.2) is 0 Å². The number of allylic oxidation sites excluding steroid dienone is 4. The summed E-state index contributed by atoms with van der Waals surface area (Å²) in [5, 5.41) is 5.33. The topological polar surface area (TPSA) is 0 Å². The fraction of sp³-hybridized carbons (Fsp3) is 0.182. The number of rotatable bonds is 5. The molecule has 238 valence electrons. The van der Waals surface area contributed by atoms with Crippen molar-refractivity contribution in [2.45, 2.75) is 51.9 Å². The van der Waals surface area contributed by atoms with Crippen LogP contribution in [0.4, 0.5) is 0 Å². The smallest absolute Gasteiger partial charge is 0.109 e. The molecule has 0 radical (unpaired) electrons. The number of benzene rings is 5. The summed E-state index contributed by atoms with van der Waals surface area (Å²) in [6, 6.07) is 48.3. The van der Waals surface area contributed by atoms with Gasteiger partial charge in [0.2, 0.25) is 0 Å². The van der Waals surface area contributed by atoms with Crippen LogP contribution in [0.3, 0.4) is 0 Å². The minimum absolute atomic E-state index is 0. The first-order valence-corrected chi connectivity index (χ1v) is 16.5. The zero-order valence-electron chi connectivity index (χ0n) is 27.9. The van der Waals surface area contributed by atoms with Crippen molar-refractivity contribution in [3.8, 4) is 0 Å². The molecular weight excluding hydrogens is 647 g/mol. The van der Waals surface area contributed by atoms with Crippen LogP contribution in [0.15, 0.2) is 152 Å². The molecule has 0 saturated heterocycles. The third kappa shape index (κ3) is 9.16. The molecule has 3 heteroatoms. The Bertz CT molecular complexity index is 1810. The SMILES string of the molecule is CC(C)(c1ccccc1)c1ccc2[cH-]c3ccc(C(C)(C)c4ccccc4)cc3c2c1.C[C](=[Ti+2])c1ccccc1.[C-]1=CC=CC1.[Cl-].[Cl-]. The second-order valence-electron chi connectivity index (χ2n) is 12.7. The number of fused-ring (bicyclic) bond motifs is 3. The fourth-order valence-electron chi connectivity index (χ4n) is 5.85. The predicted octanol–water partition coefficient (Wildman–Crippen LogP) is 5.45. The van der Waals surface area contributed by atoms with Crippen LogP contribution in [0.1, 0.15) is 68.9 Å². The maximum atomic E-state index is 2.99. The Kier molecular flexibility index (Phi) is 13.9. The minimum atomic E-state index is -0.0417. The fourth-order valence-corrected chi connectivity index (χ4v) is 6.11. The summed E-state index contributed by atoms with van der Waals surface area (Å²) in [6.45, 7) is 11.4. The maximum Gasteiger partial charge on any atom is -0.109 e. The second-order valence-corrected chi connectivity index (χ2v) is 13.9. The first kappa shape index (κ1) is 38.1. The van der Waals surface area contributed by atoms with Gasteiger partial charge in [0.1, 0.15) is 0 Å². The summed E-state index contributed by atoms with van der Waals surface area (Å²) < 4.78 is 1.37. The van der Waals surface area contributed by atoms with Gasteiger partial charge < -0.3 is 24.8 Å². The van der Waals surface area contributed by atoms with Gasteiger partial charge in [-0.15, -0.1) is 46.2 Å². The molecule has 0 nitrogen and oxygen atoms in total. The molecule has 0 aromatic heterocycles. The van der Waals surface area contributed by atoms with Crippen LogP contribution in [0.25, 0.3) is 21.5 Å². The van der Waals surface area contributed by atoms with Crippen molar-refractivity contribution in [1.82, 2.24) is 0 Å². The number of halogens is 2. The van der Waals surface area contributed by atoms with Gasteiger partial charge in [-0.05, 0) is 11.1 Å². The van der Waals surface area contributed by atoms with Crippen molar-refractivity contribution in [2.75, 3.05) is 0 Å². The van der Waals surface area contributed by atoms with E-state index in [1.165, 1.54) is 53.2 Å².